The molecule has 0 aromatic heterocycles. The van der Waals surface area contributed by atoms with Crippen LogP contribution >= 0.6 is 0 Å². The number of hydrogen-bond acceptors (Lipinski definition) is 2. The quantitative estimate of drug-likeness (QED) is 0.391. The monoisotopic (exact) mass is 84.1 g/mol. The summed E-state index contributed by atoms with van der Waals surface area (Å²) in [5.41, 5.74) is 0. The molecule has 0 atom stereocenters. The molecule has 0 spiro atoms. The van der Waals surface area contributed by atoms with Crippen LogP contribution in [0, 0.1) is 0 Å². The van der Waals surface area contributed by atoms with Crippen LogP contribution in [0.4, 0.5) is 0 Å². The third kappa shape index (κ3) is 0.200. The van der Waals surface area contributed by atoms with Gasteiger partial charge in [-0.25, -0.2) is 0 Å². The van der Waals surface area contributed by atoms with Crippen molar-refractivity contribution in [1.82, 2.24) is 9.80 Å². The van der Waals surface area contributed by atoms with E-state index in [4.69, 9.17) is 0 Å². The van der Waals surface area contributed by atoms with Gasteiger partial charge in [-0.1, -0.05) is 0 Å². The van der Waals surface area contributed by atoms with Gasteiger partial charge in [0.1, 0.15) is 0 Å². The van der Waals surface area contributed by atoms with Gasteiger partial charge in [0.2, 0.25) is 0 Å². The molecule has 34 valence electrons. The first-order chi connectivity index (χ1) is 2.95. The summed E-state index contributed by atoms with van der Waals surface area (Å²) in [6.45, 7) is 5.14. The Morgan fingerprint density at radius 2 is 1.33 bits per heavy atom. The molecule has 2 nitrogen and oxygen atoms in total. The lowest BCUT2D eigenvalue weighted by Crippen LogP contribution is -2.43. The van der Waals surface area contributed by atoms with Crippen LogP contribution in [0.25, 0.3) is 0 Å². The summed E-state index contributed by atoms with van der Waals surface area (Å²) in [6, 6.07) is 0. The Kier molecular flexibility index (Phi) is 0.383. The van der Waals surface area contributed by atoms with Crippen molar-refractivity contribution in [3.05, 3.63) is 0 Å². The minimum absolute atomic E-state index is 1.25. The standard InChI is InChI=1S/C4H8N2/c1-2-6-3-5(1)4-6/h1-4H2. The van der Waals surface area contributed by atoms with E-state index in [0.717, 1.165) is 0 Å². The Morgan fingerprint density at radius 3 is 1.50 bits per heavy atom. The zero-order valence-corrected chi connectivity index (χ0v) is 3.72. The van der Waals surface area contributed by atoms with E-state index >= 15 is 0 Å². The van der Waals surface area contributed by atoms with Crippen LogP contribution in [0.1, 0.15) is 0 Å². The average Bonchev–Trinajstić information content (AvgIpc) is 1.72. The van der Waals surface area contributed by atoms with Gasteiger partial charge in [-0.05, 0) is 0 Å². The topological polar surface area (TPSA) is 6.48 Å². The van der Waals surface area contributed by atoms with E-state index in [1.54, 1.807) is 0 Å². The summed E-state index contributed by atoms with van der Waals surface area (Å²) in [6.07, 6.45) is 0. The summed E-state index contributed by atoms with van der Waals surface area (Å²) < 4.78 is 0. The fourth-order valence-electron chi connectivity index (χ4n) is 1.09. The normalized spacial score (nSPS) is 52.0. The average molecular weight is 84.1 g/mol. The first-order valence-electron chi connectivity index (χ1n) is 2.40. The van der Waals surface area contributed by atoms with Crippen molar-refractivity contribution in [2.45, 2.75) is 0 Å². The molecule has 0 N–H and O–H groups in total. The van der Waals surface area contributed by atoms with E-state index in [-0.39, 0.29) is 0 Å². The van der Waals surface area contributed by atoms with E-state index in [1.165, 1.54) is 26.4 Å². The van der Waals surface area contributed by atoms with E-state index in [0.29, 0.717) is 0 Å². The second kappa shape index (κ2) is 0.768. The van der Waals surface area contributed by atoms with Crippen LogP contribution in [0.3, 0.4) is 0 Å². The van der Waals surface area contributed by atoms with Gasteiger partial charge in [0.05, 0.1) is 13.3 Å². The lowest BCUT2D eigenvalue weighted by molar-refractivity contribution is 0.0752. The summed E-state index contributed by atoms with van der Waals surface area (Å²) in [5, 5.41) is 0. The van der Waals surface area contributed by atoms with Crippen molar-refractivity contribution >= 4 is 0 Å². The second-order valence-corrected chi connectivity index (χ2v) is 2.07. The molecule has 2 bridgehead atoms. The lowest BCUT2D eigenvalue weighted by atomic mass is 10.6. The fourth-order valence-corrected chi connectivity index (χ4v) is 1.09. The van der Waals surface area contributed by atoms with Gasteiger partial charge in [-0.3, -0.25) is 9.80 Å². The maximum absolute atomic E-state index is 2.43. The number of nitrogens with zero attached hydrogens (tertiary/aromatic N) is 2. The third-order valence-electron chi connectivity index (χ3n) is 1.53. The zero-order chi connectivity index (χ0) is 3.98. The summed E-state index contributed by atoms with van der Waals surface area (Å²) in [5.74, 6) is 0. The minimum Gasteiger partial charge on any atom is -0.276 e. The third-order valence-corrected chi connectivity index (χ3v) is 1.53. The first-order valence-corrected chi connectivity index (χ1v) is 2.40. The van der Waals surface area contributed by atoms with Crippen LogP contribution in [-0.2, 0) is 0 Å². The molecule has 0 unspecified atom stereocenters. The molecule has 0 radical (unpaired) electrons. The van der Waals surface area contributed by atoms with Crippen molar-refractivity contribution in [2.24, 2.45) is 0 Å². The Bertz CT molecular complexity index is 52.4. The highest BCUT2D eigenvalue weighted by atomic mass is 15.5. The zero-order valence-electron chi connectivity index (χ0n) is 3.72. The van der Waals surface area contributed by atoms with Crippen LogP contribution < -0.4 is 0 Å². The lowest BCUT2D eigenvalue weighted by Gasteiger charge is -2.29. The SMILES string of the molecule is C1CN2CN1C2. The van der Waals surface area contributed by atoms with Crippen LogP contribution in [0.15, 0.2) is 0 Å². The Labute approximate surface area is 37.3 Å². The molecule has 0 aliphatic carbocycles. The Morgan fingerprint density at radius 1 is 0.833 bits per heavy atom. The number of rotatable bonds is 0. The molecular weight excluding hydrogens is 76.1 g/mol. The summed E-state index contributed by atoms with van der Waals surface area (Å²) >= 11 is 0. The summed E-state index contributed by atoms with van der Waals surface area (Å²) in [7, 11) is 0. The molecule has 3 rings (SSSR count). The minimum atomic E-state index is 1.25. The van der Waals surface area contributed by atoms with Crippen LogP contribution in [-0.4, -0.2) is 36.2 Å². The highest BCUT2D eigenvalue weighted by Gasteiger charge is 2.29. The maximum atomic E-state index is 2.43. The van der Waals surface area contributed by atoms with Gasteiger partial charge in [0, 0.05) is 13.1 Å². The smallest absolute Gasteiger partial charge is 0.0531 e. The molecular formula is C4H8N2. The van der Waals surface area contributed by atoms with Crippen LogP contribution in [0.2, 0.25) is 0 Å². The van der Waals surface area contributed by atoms with Gasteiger partial charge in [0.25, 0.3) is 0 Å². The molecule has 3 aliphatic rings. The van der Waals surface area contributed by atoms with Gasteiger partial charge in [-0.2, -0.15) is 0 Å². The highest BCUT2D eigenvalue weighted by molar-refractivity contribution is 4.78. The molecule has 6 heavy (non-hydrogen) atoms. The van der Waals surface area contributed by atoms with E-state index in [9.17, 15) is 0 Å². The van der Waals surface area contributed by atoms with E-state index in [1.807, 2.05) is 0 Å². The first kappa shape index (κ1) is 2.99. The highest BCUT2D eigenvalue weighted by Crippen LogP contribution is 2.14. The van der Waals surface area contributed by atoms with Crippen molar-refractivity contribution in [3.8, 4) is 0 Å². The molecule has 0 amide bonds. The van der Waals surface area contributed by atoms with E-state index in [2.05, 4.69) is 9.80 Å². The molecule has 3 heterocycles. The molecule has 3 aliphatic heterocycles. The molecule has 0 saturated carbocycles. The Balaban J connectivity index is 2.16. The maximum Gasteiger partial charge on any atom is 0.0531 e. The fraction of sp³-hybridized carbons (Fsp3) is 1.00. The second-order valence-electron chi connectivity index (χ2n) is 2.07. The van der Waals surface area contributed by atoms with Gasteiger partial charge >= 0.3 is 0 Å². The molecule has 2 heteroatoms. The van der Waals surface area contributed by atoms with Crippen molar-refractivity contribution in [2.75, 3.05) is 26.4 Å². The molecule has 0 aromatic rings. The molecule has 3 fully saturated rings. The van der Waals surface area contributed by atoms with Crippen molar-refractivity contribution in [3.63, 3.8) is 0 Å². The largest absolute Gasteiger partial charge is 0.276 e. The van der Waals surface area contributed by atoms with Gasteiger partial charge in [0.15, 0.2) is 0 Å². The molecule has 0 aromatic carbocycles. The predicted molar refractivity (Wildman–Crippen MR) is 23.1 cm³/mol. The van der Waals surface area contributed by atoms with E-state index < -0.39 is 0 Å². The predicted octanol–water partition coefficient (Wildman–Crippen LogP) is -0.467. The van der Waals surface area contributed by atoms with Crippen LogP contribution in [0.5, 0.6) is 0 Å². The number of hydrogen-bond donors (Lipinski definition) is 0. The van der Waals surface area contributed by atoms with Gasteiger partial charge < -0.3 is 0 Å². The number of fused-ring (bicyclic) bond motifs is 1. The van der Waals surface area contributed by atoms with Crippen molar-refractivity contribution < 1.29 is 0 Å². The Hall–Kier alpha value is -0.0800. The van der Waals surface area contributed by atoms with Gasteiger partial charge in [-0.15, -0.1) is 0 Å². The van der Waals surface area contributed by atoms with Crippen molar-refractivity contribution in [1.29, 1.82) is 0 Å². The molecule has 3 saturated heterocycles. The summed E-state index contributed by atoms with van der Waals surface area (Å²) in [4.78, 5) is 4.86.